The average molecular weight is 997 g/mol. The zero-order chi connectivity index (χ0) is 52.8. The monoisotopic (exact) mass is 997 g/mol. The van der Waals surface area contributed by atoms with E-state index in [4.69, 9.17) is 47.4 Å². The molecular weight excluding hydrogens is 917 g/mol. The highest BCUT2D eigenvalue weighted by Crippen LogP contribution is 2.09. The van der Waals surface area contributed by atoms with Crippen LogP contribution < -0.4 is 0 Å². The molecule has 0 fully saturated rings. The highest BCUT2D eigenvalue weighted by atomic mass is 16.6. The second kappa shape index (κ2) is 32.4. The fraction of sp³-hybridized carbons (Fsp3) is 0.778. The minimum Gasteiger partial charge on any atom is -0.462 e. The van der Waals surface area contributed by atoms with Crippen LogP contribution >= 0.6 is 0 Å². The molecule has 0 amide bonds. The van der Waals surface area contributed by atoms with Gasteiger partial charge in [-0.3, -0.25) is 52.4 Å². The number of rotatable bonds is 36. The van der Waals surface area contributed by atoms with E-state index in [9.17, 15) is 47.9 Å². The summed E-state index contributed by atoms with van der Waals surface area (Å²) in [6, 6.07) is 0. The number of carbonyl (C=O) groups excluding carboxylic acids is 10. The maximum Gasteiger partial charge on any atom is 0.310 e. The molecule has 0 spiro atoms. The fourth-order valence-corrected chi connectivity index (χ4v) is 4.63. The quantitative estimate of drug-likeness (QED) is 0.0342. The summed E-state index contributed by atoms with van der Waals surface area (Å²) in [7, 11) is 22.7. The van der Waals surface area contributed by atoms with Crippen molar-refractivity contribution < 1.29 is 113 Å². The maximum atomic E-state index is 13.0. The van der Waals surface area contributed by atoms with Gasteiger partial charge in [-0.05, 0) is 0 Å². The van der Waals surface area contributed by atoms with E-state index in [0.29, 0.717) is 37.6 Å². The molecule has 0 aliphatic heterocycles. The summed E-state index contributed by atoms with van der Waals surface area (Å²) in [6.45, 7) is -0.378. The smallest absolute Gasteiger partial charge is 0.310 e. The first kappa shape index (κ1) is 63.5. The molecule has 1 unspecified atom stereocenters. The van der Waals surface area contributed by atoms with E-state index in [0.717, 1.165) is 0 Å². The van der Waals surface area contributed by atoms with Gasteiger partial charge in [0, 0.05) is 0 Å². The second-order valence-electron chi connectivity index (χ2n) is 20.1. The largest absolute Gasteiger partial charge is 0.462 e. The van der Waals surface area contributed by atoms with E-state index < -0.39 is 111 Å². The summed E-state index contributed by atoms with van der Waals surface area (Å²) in [4.78, 5) is 124. The van der Waals surface area contributed by atoms with Crippen LogP contribution in [0.2, 0.25) is 0 Å². The van der Waals surface area contributed by atoms with Crippen molar-refractivity contribution in [3.8, 4) is 0 Å². The number of nitrogens with zero attached hydrogens (tertiary/aromatic N) is 4. The Kier molecular flexibility index (Phi) is 29.8. The van der Waals surface area contributed by atoms with Gasteiger partial charge in [-0.1, -0.05) is 0 Å². The molecule has 396 valence electrons. The third-order valence-corrected chi connectivity index (χ3v) is 8.67. The Morgan fingerprint density at radius 3 is 0.696 bits per heavy atom. The van der Waals surface area contributed by atoms with E-state index in [-0.39, 0.29) is 77.9 Å². The minimum atomic E-state index is -1.39. The average Bonchev–Trinajstić information content (AvgIpc) is 3.22. The van der Waals surface area contributed by atoms with Gasteiger partial charge < -0.3 is 60.8 Å². The molecular formula is C45H80N4O20+4. The van der Waals surface area contributed by atoms with Crippen molar-refractivity contribution >= 4 is 59.7 Å². The van der Waals surface area contributed by atoms with Crippen LogP contribution in [0.1, 0.15) is 64.2 Å². The zero-order valence-electron chi connectivity index (χ0n) is 43.0. The molecule has 0 saturated carbocycles. The molecule has 69 heavy (non-hydrogen) atoms. The summed E-state index contributed by atoms with van der Waals surface area (Å²) in [5.41, 5.74) is 0. The van der Waals surface area contributed by atoms with Gasteiger partial charge in [0.05, 0.1) is 149 Å². The van der Waals surface area contributed by atoms with Crippen LogP contribution in [0.15, 0.2) is 0 Å². The Morgan fingerprint density at radius 2 is 0.478 bits per heavy atom. The van der Waals surface area contributed by atoms with Crippen LogP contribution in [-0.2, 0) is 95.3 Å². The van der Waals surface area contributed by atoms with Crippen LogP contribution in [0, 0.1) is 0 Å². The lowest BCUT2D eigenvalue weighted by Crippen LogP contribution is -2.38. The van der Waals surface area contributed by atoms with E-state index in [1.807, 2.05) is 63.4 Å². The number of ether oxygens (including phenoxy) is 10. The lowest BCUT2D eigenvalue weighted by molar-refractivity contribution is -0.888. The van der Waals surface area contributed by atoms with Crippen molar-refractivity contribution in [2.24, 2.45) is 0 Å². The zero-order valence-corrected chi connectivity index (χ0v) is 43.0. The first-order valence-electron chi connectivity index (χ1n) is 22.7. The highest BCUT2D eigenvalue weighted by Gasteiger charge is 2.25. The van der Waals surface area contributed by atoms with E-state index in [2.05, 4.69) is 0 Å². The van der Waals surface area contributed by atoms with Gasteiger partial charge in [-0.15, -0.1) is 0 Å². The first-order valence-corrected chi connectivity index (χ1v) is 22.7. The standard InChI is InChI=1S/C45H80N4O20/c1-46(2,3)23-26-60-36(50)13-16-39(53)63-29-34(30-64-40(54)17-14-37(51)61-27-24-47(4,5)6)68-44(58)21-22-45(59)69-35(32-66-42(56)19-20-43(57)67-33-49(10,11)12)31-65-41(55)18-15-38(52)62-28-25-48(7,8)9/h34-35H,13-33H2,1-12H3/q+4. The molecule has 0 aliphatic rings. The van der Waals surface area contributed by atoms with Gasteiger partial charge in [0.25, 0.3) is 0 Å². The topological polar surface area (TPSA) is 263 Å². The van der Waals surface area contributed by atoms with Crippen molar-refractivity contribution in [3.63, 3.8) is 0 Å². The SMILES string of the molecule is C[N+](C)(C)CCOC(=O)CCC(=O)OCC(COC(=O)CCC(=O)OCC[N+](C)(C)C)OC(=O)CCC(=O)OC(COC(=O)CCC(=O)OCC[N+](C)(C)C)COC(=O)CCC(=O)OC[N+](C)(C)C. The Hall–Kier alpha value is -5.46. The van der Waals surface area contributed by atoms with Gasteiger partial charge in [0.15, 0.2) is 12.2 Å². The summed E-state index contributed by atoms with van der Waals surface area (Å²) < 4.78 is 53.9. The molecule has 0 aromatic heterocycles. The molecule has 0 aliphatic carbocycles. The van der Waals surface area contributed by atoms with Crippen LogP contribution in [0.5, 0.6) is 0 Å². The molecule has 24 heteroatoms. The number of hydrogen-bond donors (Lipinski definition) is 0. The van der Waals surface area contributed by atoms with Gasteiger partial charge in [-0.2, -0.15) is 0 Å². The fourth-order valence-electron chi connectivity index (χ4n) is 4.63. The lowest BCUT2D eigenvalue weighted by Gasteiger charge is -2.23. The van der Waals surface area contributed by atoms with Gasteiger partial charge >= 0.3 is 59.7 Å². The predicted molar refractivity (Wildman–Crippen MR) is 240 cm³/mol. The molecule has 1 atom stereocenters. The molecule has 0 radical (unpaired) electrons. The van der Waals surface area contributed by atoms with Gasteiger partial charge in [-0.25, -0.2) is 0 Å². The second-order valence-corrected chi connectivity index (χ2v) is 20.1. The van der Waals surface area contributed by atoms with Crippen molar-refractivity contribution in [2.45, 2.75) is 76.4 Å². The van der Waals surface area contributed by atoms with Crippen molar-refractivity contribution in [1.29, 1.82) is 0 Å². The normalized spacial score (nSPS) is 12.2. The Balaban J connectivity index is 5.59. The number of quaternary nitrogens is 4. The van der Waals surface area contributed by atoms with E-state index in [1.54, 1.807) is 21.1 Å². The molecule has 0 aromatic rings. The first-order chi connectivity index (χ1) is 31.8. The van der Waals surface area contributed by atoms with Crippen molar-refractivity contribution in [1.82, 2.24) is 0 Å². The minimum absolute atomic E-state index is 0.0644. The molecule has 0 saturated heterocycles. The summed E-state index contributed by atoms with van der Waals surface area (Å²) in [5.74, 6) is -8.00. The van der Waals surface area contributed by atoms with Crippen molar-refractivity contribution in [3.05, 3.63) is 0 Å². The Bertz CT molecular complexity index is 1620. The van der Waals surface area contributed by atoms with E-state index in [1.165, 1.54) is 0 Å². The molecule has 24 nitrogen and oxygen atoms in total. The summed E-state index contributed by atoms with van der Waals surface area (Å²) in [6.07, 6.45) is -6.68. The van der Waals surface area contributed by atoms with Gasteiger partial charge in [0.1, 0.15) is 65.9 Å². The highest BCUT2D eigenvalue weighted by molar-refractivity contribution is 5.80. The molecule has 0 heterocycles. The number of likely N-dealkylation sites (N-methyl/N-ethyl adjacent to an activating group) is 3. The van der Waals surface area contributed by atoms with Crippen molar-refractivity contribution in [2.75, 3.05) is 157 Å². The van der Waals surface area contributed by atoms with Crippen LogP contribution in [0.25, 0.3) is 0 Å². The summed E-state index contributed by atoms with van der Waals surface area (Å²) in [5, 5.41) is 0. The molecule has 0 N–H and O–H groups in total. The predicted octanol–water partition coefficient (Wildman–Crippen LogP) is -0.161. The molecule has 0 rings (SSSR count). The summed E-state index contributed by atoms with van der Waals surface area (Å²) >= 11 is 0. The third kappa shape index (κ3) is 41.3. The Morgan fingerprint density at radius 1 is 0.275 bits per heavy atom. The number of carbonyl (C=O) groups is 10. The van der Waals surface area contributed by atoms with Crippen LogP contribution in [0.3, 0.4) is 0 Å². The maximum absolute atomic E-state index is 13.0. The van der Waals surface area contributed by atoms with Gasteiger partial charge in [0.2, 0.25) is 6.73 Å². The third-order valence-electron chi connectivity index (χ3n) is 8.67. The van der Waals surface area contributed by atoms with Crippen LogP contribution in [-0.4, -0.2) is 247 Å². The molecule has 0 bridgehead atoms. The Labute approximate surface area is 405 Å². The molecule has 0 aromatic carbocycles. The van der Waals surface area contributed by atoms with E-state index >= 15 is 0 Å². The number of esters is 10. The number of hydrogen-bond acceptors (Lipinski definition) is 20. The lowest BCUT2D eigenvalue weighted by atomic mass is 10.3. The van der Waals surface area contributed by atoms with Crippen LogP contribution in [0.4, 0.5) is 0 Å².